The summed E-state index contributed by atoms with van der Waals surface area (Å²) in [6, 6.07) is 44.4. The third kappa shape index (κ3) is 7.46. The largest absolute Gasteiger partial charge is 0.0628 e. The maximum atomic E-state index is 2.66. The molecule has 9 rings (SSSR count). The molecule has 0 saturated heterocycles. The summed E-state index contributed by atoms with van der Waals surface area (Å²) < 4.78 is 0. The van der Waals surface area contributed by atoms with Crippen molar-refractivity contribution in [3.63, 3.8) is 0 Å². The number of fused-ring (bicyclic) bond motifs is 9. The topological polar surface area (TPSA) is 0 Å². The zero-order chi connectivity index (χ0) is 44.6. The Morgan fingerprint density at radius 1 is 0.317 bits per heavy atom. The molecule has 0 N–H and O–H groups in total. The van der Waals surface area contributed by atoms with E-state index < -0.39 is 0 Å². The van der Waals surface area contributed by atoms with E-state index >= 15 is 0 Å². The number of benzene rings is 6. The molecule has 0 radical (unpaired) electrons. The summed E-state index contributed by atoms with van der Waals surface area (Å²) in [5.74, 6) is 2.61. The molecule has 0 spiro atoms. The molecule has 326 valence electrons. The van der Waals surface area contributed by atoms with Gasteiger partial charge in [-0.3, -0.25) is 0 Å². The Labute approximate surface area is 382 Å². The summed E-state index contributed by atoms with van der Waals surface area (Å²) in [4.78, 5) is 0. The van der Waals surface area contributed by atoms with E-state index in [1.54, 1.807) is 22.3 Å². The van der Waals surface area contributed by atoms with Gasteiger partial charge in [0, 0.05) is 16.2 Å². The zero-order valence-corrected chi connectivity index (χ0v) is 40.9. The second kappa shape index (κ2) is 16.4. The van der Waals surface area contributed by atoms with E-state index in [1.807, 2.05) is 0 Å². The van der Waals surface area contributed by atoms with Crippen LogP contribution in [0, 0.1) is 37.5 Å². The highest BCUT2D eigenvalue weighted by Crippen LogP contribution is 2.59. The third-order valence-electron chi connectivity index (χ3n) is 16.0. The molecule has 0 heteroatoms. The summed E-state index contributed by atoms with van der Waals surface area (Å²) in [5.41, 5.74) is 25.8. The summed E-state index contributed by atoms with van der Waals surface area (Å²) in [7, 11) is 0. The van der Waals surface area contributed by atoms with Crippen molar-refractivity contribution in [3.8, 4) is 55.6 Å². The van der Waals surface area contributed by atoms with E-state index in [0.29, 0.717) is 23.7 Å². The minimum Gasteiger partial charge on any atom is -0.0628 e. The van der Waals surface area contributed by atoms with Gasteiger partial charge in [0.2, 0.25) is 0 Å². The van der Waals surface area contributed by atoms with Crippen molar-refractivity contribution in [1.29, 1.82) is 0 Å². The highest BCUT2D eigenvalue weighted by molar-refractivity contribution is 5.89. The first-order valence-corrected chi connectivity index (χ1v) is 24.8. The molecule has 3 aliphatic carbocycles. The molecule has 0 unspecified atom stereocenters. The molecule has 0 saturated carbocycles. The molecule has 0 bridgehead atoms. The lowest BCUT2D eigenvalue weighted by Crippen LogP contribution is -2.27. The average molecular weight is 831 g/mol. The Bertz CT molecular complexity index is 2670. The van der Waals surface area contributed by atoms with E-state index in [4.69, 9.17) is 0 Å². The normalized spacial score (nSPS) is 15.8. The lowest BCUT2D eigenvalue weighted by molar-refractivity contribution is 0.364. The van der Waals surface area contributed by atoms with E-state index in [0.717, 1.165) is 0 Å². The van der Waals surface area contributed by atoms with Crippen molar-refractivity contribution < 1.29 is 0 Å². The van der Waals surface area contributed by atoms with Crippen molar-refractivity contribution in [2.75, 3.05) is 0 Å². The van der Waals surface area contributed by atoms with Gasteiger partial charge < -0.3 is 0 Å². The predicted octanol–water partition coefficient (Wildman–Crippen LogP) is 18.2. The minimum atomic E-state index is -0.0439. The van der Waals surface area contributed by atoms with E-state index in [-0.39, 0.29) is 16.2 Å². The van der Waals surface area contributed by atoms with Gasteiger partial charge in [0.1, 0.15) is 0 Å². The van der Waals surface area contributed by atoms with Gasteiger partial charge in [-0.05, 0) is 202 Å². The molecule has 0 aromatic heterocycles. The quantitative estimate of drug-likeness (QED) is 0.103. The fourth-order valence-electron chi connectivity index (χ4n) is 12.1. The van der Waals surface area contributed by atoms with Crippen LogP contribution in [0.15, 0.2) is 109 Å². The molecule has 6 aromatic rings. The smallest absolute Gasteiger partial charge is 0.0215 e. The summed E-state index contributed by atoms with van der Waals surface area (Å²) in [6.45, 7) is 28.6. The van der Waals surface area contributed by atoms with Crippen LogP contribution in [0.1, 0.15) is 165 Å². The van der Waals surface area contributed by atoms with Crippen LogP contribution in [0.3, 0.4) is 0 Å². The van der Waals surface area contributed by atoms with Crippen molar-refractivity contribution >= 4 is 0 Å². The number of hydrogen-bond acceptors (Lipinski definition) is 0. The number of aryl methyl sites for hydroxylation is 2. The molecule has 0 heterocycles. The molecule has 0 atom stereocenters. The monoisotopic (exact) mass is 831 g/mol. The van der Waals surface area contributed by atoms with Gasteiger partial charge in [0.25, 0.3) is 0 Å². The van der Waals surface area contributed by atoms with Crippen LogP contribution < -0.4 is 0 Å². The fourth-order valence-corrected chi connectivity index (χ4v) is 12.1. The maximum absolute atomic E-state index is 2.66. The van der Waals surface area contributed by atoms with Crippen LogP contribution in [0.25, 0.3) is 55.6 Å². The van der Waals surface area contributed by atoms with Gasteiger partial charge in [-0.1, -0.05) is 165 Å². The van der Waals surface area contributed by atoms with E-state index in [1.165, 1.54) is 129 Å². The molecule has 3 aliphatic rings. The van der Waals surface area contributed by atoms with Crippen LogP contribution in [0.4, 0.5) is 0 Å². The van der Waals surface area contributed by atoms with Crippen LogP contribution in [0.5, 0.6) is 0 Å². The van der Waals surface area contributed by atoms with E-state index in [2.05, 4.69) is 192 Å². The van der Waals surface area contributed by atoms with Crippen molar-refractivity contribution in [2.24, 2.45) is 23.7 Å². The van der Waals surface area contributed by atoms with Crippen molar-refractivity contribution in [1.82, 2.24) is 0 Å². The lowest BCUT2D eigenvalue weighted by Gasteiger charge is -2.35. The van der Waals surface area contributed by atoms with E-state index in [9.17, 15) is 0 Å². The zero-order valence-electron chi connectivity index (χ0n) is 40.9. The minimum absolute atomic E-state index is 0.0316. The maximum Gasteiger partial charge on any atom is 0.0215 e. The summed E-state index contributed by atoms with van der Waals surface area (Å²) in [5, 5.41) is 0. The molecule has 63 heavy (non-hydrogen) atoms. The SMILES string of the molecule is Cc1ccc2c(c1)C(C)(C)c1cc(-c3ccc4c(c3)C(CCC(C)C)(CCC(C)C)c3cc(-c5ccc6c(c5)C(CCC(C)C)(CCC(C)C)c5cc(C)ccc5-6)ccc3-4)ccc1-2. The van der Waals surface area contributed by atoms with Gasteiger partial charge in [0.15, 0.2) is 0 Å². The predicted molar refractivity (Wildman–Crippen MR) is 273 cm³/mol. The molecular weight excluding hydrogens is 757 g/mol. The Kier molecular flexibility index (Phi) is 11.3. The second-order valence-electron chi connectivity index (χ2n) is 22.7. The van der Waals surface area contributed by atoms with Crippen LogP contribution >= 0.6 is 0 Å². The molecular formula is C63H74. The lowest BCUT2D eigenvalue weighted by atomic mass is 9.68. The highest BCUT2D eigenvalue weighted by atomic mass is 14.5. The molecule has 0 amide bonds. The molecule has 6 aromatic carbocycles. The molecule has 0 nitrogen and oxygen atoms in total. The van der Waals surface area contributed by atoms with Crippen molar-refractivity contribution in [2.45, 2.75) is 151 Å². The Balaban J connectivity index is 1.18. The third-order valence-corrected chi connectivity index (χ3v) is 16.0. The Morgan fingerprint density at radius 3 is 0.873 bits per heavy atom. The number of rotatable bonds is 14. The van der Waals surface area contributed by atoms with Crippen LogP contribution in [-0.4, -0.2) is 0 Å². The van der Waals surface area contributed by atoms with Crippen molar-refractivity contribution in [3.05, 3.63) is 154 Å². The fraction of sp³-hybridized carbons (Fsp3) is 0.429. The summed E-state index contributed by atoms with van der Waals surface area (Å²) in [6.07, 6.45) is 9.63. The van der Waals surface area contributed by atoms with Crippen LogP contribution in [0.2, 0.25) is 0 Å². The Hall–Kier alpha value is -4.68. The van der Waals surface area contributed by atoms with Gasteiger partial charge in [-0.25, -0.2) is 0 Å². The van der Waals surface area contributed by atoms with Gasteiger partial charge in [-0.2, -0.15) is 0 Å². The highest BCUT2D eigenvalue weighted by Gasteiger charge is 2.45. The first-order valence-electron chi connectivity index (χ1n) is 24.8. The second-order valence-corrected chi connectivity index (χ2v) is 22.7. The van der Waals surface area contributed by atoms with Crippen LogP contribution in [-0.2, 0) is 16.2 Å². The molecule has 0 fully saturated rings. The van der Waals surface area contributed by atoms with Gasteiger partial charge in [0.05, 0.1) is 0 Å². The first-order chi connectivity index (χ1) is 30.0. The van der Waals surface area contributed by atoms with Gasteiger partial charge in [-0.15, -0.1) is 0 Å². The van der Waals surface area contributed by atoms with Gasteiger partial charge >= 0.3 is 0 Å². The first kappa shape index (κ1) is 43.6. The average Bonchev–Trinajstić information content (AvgIpc) is 3.77. The Morgan fingerprint density at radius 2 is 0.556 bits per heavy atom. The standard InChI is InChI=1S/C63H74/c1-39(2)25-29-62(30-26-40(3)4)57-34-44(10)14-20-51(57)52-22-17-47(37-58(52)62)48-18-24-54-53-23-16-46(36-59(53)63(60(54)38-48,31-27-41(5)6)32-28-42(7)8)45-15-21-50-49-19-13-43(9)33-55(49)61(11,12)56(50)35-45/h13-24,33-42H,25-32H2,1-12H3. The summed E-state index contributed by atoms with van der Waals surface area (Å²) >= 11 is 0. The molecule has 0 aliphatic heterocycles. The number of hydrogen-bond donors (Lipinski definition) is 0.